The predicted molar refractivity (Wildman–Crippen MR) is 174 cm³/mol. The van der Waals surface area contributed by atoms with Gasteiger partial charge in [-0.3, -0.25) is 4.79 Å². The Kier molecular flexibility index (Phi) is 17.5. The number of hydrogen-bond acceptors (Lipinski definition) is 4. The van der Waals surface area contributed by atoms with Crippen molar-refractivity contribution in [3.05, 3.63) is 70.2 Å². The number of nitrogens with one attached hydrogen (secondary N) is 1. The SMILES string of the molecule is Br.CCCCCCCCCCCCCCOc1ccc(CC(=O)Nc2ccc(CN3C=CSC3)cc2)cc1Cl. The first kappa shape index (κ1) is 33.6. The molecular weight excluding hydrogens is 592 g/mol. The van der Waals surface area contributed by atoms with E-state index in [9.17, 15) is 4.79 Å². The molecule has 4 nitrogen and oxygen atoms in total. The summed E-state index contributed by atoms with van der Waals surface area (Å²) in [6, 6.07) is 13.7. The number of hydrogen-bond donors (Lipinski definition) is 1. The Labute approximate surface area is 256 Å². The smallest absolute Gasteiger partial charge is 0.228 e. The van der Waals surface area contributed by atoms with Crippen LogP contribution >= 0.6 is 40.3 Å². The second-order valence-electron chi connectivity index (χ2n) is 10.3. The summed E-state index contributed by atoms with van der Waals surface area (Å²) in [6.45, 7) is 3.83. The summed E-state index contributed by atoms with van der Waals surface area (Å²) in [5.41, 5.74) is 2.90. The maximum atomic E-state index is 12.5. The number of benzene rings is 2. The first-order valence-electron chi connectivity index (χ1n) is 14.5. The highest BCUT2D eigenvalue weighted by Gasteiger charge is 2.09. The maximum Gasteiger partial charge on any atom is 0.228 e. The third kappa shape index (κ3) is 14.0. The molecule has 0 bridgehead atoms. The third-order valence-corrected chi connectivity index (χ3v) is 7.94. The van der Waals surface area contributed by atoms with Gasteiger partial charge in [-0.2, -0.15) is 0 Å². The topological polar surface area (TPSA) is 41.6 Å². The number of amides is 1. The summed E-state index contributed by atoms with van der Waals surface area (Å²) < 4.78 is 5.90. The average Bonchev–Trinajstić information content (AvgIpc) is 3.42. The fourth-order valence-electron chi connectivity index (χ4n) is 4.62. The van der Waals surface area contributed by atoms with E-state index in [1.54, 1.807) is 11.8 Å². The molecule has 1 amide bonds. The molecule has 3 rings (SSSR count). The molecule has 2 aromatic rings. The van der Waals surface area contributed by atoms with Crippen LogP contribution in [-0.4, -0.2) is 23.3 Å². The average molecular weight is 638 g/mol. The van der Waals surface area contributed by atoms with Gasteiger partial charge in [-0.05, 0) is 47.2 Å². The van der Waals surface area contributed by atoms with Crippen molar-refractivity contribution in [2.24, 2.45) is 0 Å². The minimum absolute atomic E-state index is 0. The number of thioether (sulfide) groups is 1. The number of carbonyl (C=O) groups is 1. The molecule has 2 aromatic carbocycles. The van der Waals surface area contributed by atoms with Crippen LogP contribution in [0.4, 0.5) is 5.69 Å². The van der Waals surface area contributed by atoms with Crippen LogP contribution < -0.4 is 10.1 Å². The number of rotatable bonds is 19. The Morgan fingerprint density at radius 3 is 2.10 bits per heavy atom. The fraction of sp³-hybridized carbons (Fsp3) is 0.531. The van der Waals surface area contributed by atoms with Gasteiger partial charge in [0.2, 0.25) is 5.91 Å². The Hall–Kier alpha value is -1.63. The van der Waals surface area contributed by atoms with Gasteiger partial charge in [0.05, 0.1) is 23.9 Å². The van der Waals surface area contributed by atoms with Crippen LogP contribution in [0.1, 0.15) is 95.1 Å². The minimum atomic E-state index is -0.0575. The molecule has 1 N–H and O–H groups in total. The van der Waals surface area contributed by atoms with Gasteiger partial charge in [-0.15, -0.1) is 28.7 Å². The zero-order valence-corrected chi connectivity index (χ0v) is 26.8. The standard InChI is InChI=1S/C32H45ClN2O2S.BrH/c1-2-3-4-5-6-7-8-9-10-11-12-13-21-37-31-19-16-28(23-30(31)33)24-32(36)34-29-17-14-27(15-18-29)25-35-20-22-38-26-35;/h14-20,22-23H,2-13,21,24-26H2,1H3,(H,34,36);1H. The summed E-state index contributed by atoms with van der Waals surface area (Å²) in [6.07, 6.45) is 18.3. The molecule has 0 fully saturated rings. The lowest BCUT2D eigenvalue weighted by atomic mass is 10.1. The summed E-state index contributed by atoms with van der Waals surface area (Å²) in [5.74, 6) is 1.63. The van der Waals surface area contributed by atoms with Gasteiger partial charge in [-0.25, -0.2) is 0 Å². The highest BCUT2D eigenvalue weighted by molar-refractivity contribution is 8.93. The Bertz CT molecular complexity index is 987. The summed E-state index contributed by atoms with van der Waals surface area (Å²) >= 11 is 8.24. The van der Waals surface area contributed by atoms with Crippen molar-refractivity contribution in [3.63, 3.8) is 0 Å². The van der Waals surface area contributed by atoms with Crippen molar-refractivity contribution in [1.82, 2.24) is 4.90 Å². The molecule has 39 heavy (non-hydrogen) atoms. The van der Waals surface area contributed by atoms with Crippen molar-refractivity contribution in [2.75, 3.05) is 17.8 Å². The Balaban J connectivity index is 0.00000533. The van der Waals surface area contributed by atoms with Gasteiger partial charge in [0.25, 0.3) is 0 Å². The Morgan fingerprint density at radius 1 is 0.897 bits per heavy atom. The summed E-state index contributed by atoms with van der Waals surface area (Å²) in [7, 11) is 0. The van der Waals surface area contributed by atoms with Crippen LogP contribution in [0.25, 0.3) is 0 Å². The number of carbonyl (C=O) groups excluding carboxylic acids is 1. The van der Waals surface area contributed by atoms with Crippen molar-refractivity contribution >= 4 is 51.9 Å². The van der Waals surface area contributed by atoms with Crippen LogP contribution in [0.2, 0.25) is 5.02 Å². The molecule has 0 unspecified atom stereocenters. The second-order valence-corrected chi connectivity index (χ2v) is 11.5. The van der Waals surface area contributed by atoms with E-state index in [1.807, 2.05) is 30.3 Å². The van der Waals surface area contributed by atoms with E-state index in [4.69, 9.17) is 16.3 Å². The molecule has 0 atom stereocenters. The van der Waals surface area contributed by atoms with E-state index >= 15 is 0 Å². The molecular formula is C32H46BrClN2O2S. The number of anilines is 1. The highest BCUT2D eigenvalue weighted by Crippen LogP contribution is 2.26. The largest absolute Gasteiger partial charge is 0.492 e. The number of halogens is 2. The zero-order valence-electron chi connectivity index (χ0n) is 23.5. The van der Waals surface area contributed by atoms with E-state index in [1.165, 1.54) is 76.2 Å². The molecule has 0 aliphatic carbocycles. The maximum absolute atomic E-state index is 12.5. The first-order valence-corrected chi connectivity index (χ1v) is 15.9. The lowest BCUT2D eigenvalue weighted by Crippen LogP contribution is -2.15. The van der Waals surface area contributed by atoms with Crippen LogP contribution in [0.15, 0.2) is 54.1 Å². The summed E-state index contributed by atoms with van der Waals surface area (Å²) in [4.78, 5) is 14.8. The molecule has 0 radical (unpaired) electrons. The van der Waals surface area contributed by atoms with E-state index in [2.05, 4.69) is 40.9 Å². The van der Waals surface area contributed by atoms with Gasteiger partial charge in [0.1, 0.15) is 5.75 Å². The molecule has 0 spiro atoms. The van der Waals surface area contributed by atoms with Gasteiger partial charge in [0.15, 0.2) is 0 Å². The fourth-order valence-corrected chi connectivity index (χ4v) is 5.60. The van der Waals surface area contributed by atoms with Crippen LogP contribution in [0.5, 0.6) is 5.75 Å². The van der Waals surface area contributed by atoms with Gasteiger partial charge in [0, 0.05) is 18.4 Å². The van der Waals surface area contributed by atoms with E-state index in [0.717, 1.165) is 30.1 Å². The van der Waals surface area contributed by atoms with Gasteiger partial charge < -0.3 is 15.0 Å². The molecule has 216 valence electrons. The van der Waals surface area contributed by atoms with Crippen LogP contribution in [0, 0.1) is 0 Å². The van der Waals surface area contributed by atoms with Crippen molar-refractivity contribution in [1.29, 1.82) is 0 Å². The predicted octanol–water partition coefficient (Wildman–Crippen LogP) is 10.2. The van der Waals surface area contributed by atoms with Gasteiger partial charge >= 0.3 is 0 Å². The highest BCUT2D eigenvalue weighted by atomic mass is 79.9. The van der Waals surface area contributed by atoms with Crippen molar-refractivity contribution in [2.45, 2.75) is 96.9 Å². The molecule has 1 aliphatic rings. The minimum Gasteiger partial charge on any atom is -0.492 e. The van der Waals surface area contributed by atoms with Crippen molar-refractivity contribution < 1.29 is 9.53 Å². The molecule has 1 aliphatic heterocycles. The van der Waals surface area contributed by atoms with Crippen LogP contribution in [0.3, 0.4) is 0 Å². The lowest BCUT2D eigenvalue weighted by molar-refractivity contribution is -0.115. The lowest BCUT2D eigenvalue weighted by Gasteiger charge is -2.15. The van der Waals surface area contributed by atoms with Crippen molar-refractivity contribution in [3.8, 4) is 5.75 Å². The molecule has 0 saturated carbocycles. The van der Waals surface area contributed by atoms with Gasteiger partial charge in [-0.1, -0.05) is 107 Å². The first-order chi connectivity index (χ1) is 18.6. The molecule has 0 aromatic heterocycles. The van der Waals surface area contributed by atoms with E-state index in [-0.39, 0.29) is 29.3 Å². The molecule has 7 heteroatoms. The normalized spacial score (nSPS) is 12.4. The quantitative estimate of drug-likeness (QED) is 0.156. The second kappa shape index (κ2) is 20.3. The zero-order chi connectivity index (χ0) is 26.8. The Morgan fingerprint density at radius 2 is 1.51 bits per heavy atom. The number of unbranched alkanes of at least 4 members (excludes halogenated alkanes) is 11. The van der Waals surface area contributed by atoms with Crippen LogP contribution in [-0.2, 0) is 17.8 Å². The monoisotopic (exact) mass is 636 g/mol. The third-order valence-electron chi connectivity index (χ3n) is 6.85. The summed E-state index contributed by atoms with van der Waals surface area (Å²) in [5, 5.41) is 5.65. The van der Waals surface area contributed by atoms with E-state index < -0.39 is 0 Å². The van der Waals surface area contributed by atoms with E-state index in [0.29, 0.717) is 17.4 Å². The molecule has 1 heterocycles. The molecule has 0 saturated heterocycles. The number of ether oxygens (including phenoxy) is 1. The number of nitrogens with zero attached hydrogens (tertiary/aromatic N) is 1.